The normalized spacial score (nSPS) is 20.1. The van der Waals surface area contributed by atoms with Crippen LogP contribution in [0.2, 0.25) is 0 Å². The predicted molar refractivity (Wildman–Crippen MR) is 65.4 cm³/mol. The number of carbonyl (C=O) groups is 1. The highest BCUT2D eigenvalue weighted by atomic mass is 32.2. The fourth-order valence-electron chi connectivity index (χ4n) is 1.66. The Hall–Kier alpha value is -0.960. The van der Waals surface area contributed by atoms with Crippen LogP contribution in [0.5, 0.6) is 0 Å². The molecule has 100 valence electrons. The highest BCUT2D eigenvalue weighted by Gasteiger charge is 2.22. The molecule has 2 heterocycles. The van der Waals surface area contributed by atoms with E-state index in [1.807, 2.05) is 0 Å². The summed E-state index contributed by atoms with van der Waals surface area (Å²) in [5.41, 5.74) is 0. The van der Waals surface area contributed by atoms with E-state index < -0.39 is 16.0 Å². The van der Waals surface area contributed by atoms with Crippen LogP contribution in [-0.4, -0.2) is 38.7 Å². The van der Waals surface area contributed by atoms with E-state index in [0.717, 1.165) is 24.2 Å². The summed E-state index contributed by atoms with van der Waals surface area (Å²) in [6.07, 6.45) is 1.70. The van der Waals surface area contributed by atoms with Crippen LogP contribution in [0.1, 0.15) is 22.5 Å². The molecular weight excluding hydrogens is 278 g/mol. The zero-order valence-corrected chi connectivity index (χ0v) is 11.1. The third-order valence-electron chi connectivity index (χ3n) is 2.58. The topological polar surface area (TPSA) is 92.7 Å². The standard InChI is InChI=1S/C10H13NO5S2/c12-10(13)8-3-4-9(17-8)18(14,15)11-6-7-2-1-5-16-7/h3-4,7,11H,1-2,5-6H2,(H,12,13). The van der Waals surface area contributed by atoms with Gasteiger partial charge in [-0.2, -0.15) is 0 Å². The second-order valence-corrected chi connectivity index (χ2v) is 6.99. The minimum Gasteiger partial charge on any atom is -0.477 e. The van der Waals surface area contributed by atoms with E-state index in [1.165, 1.54) is 12.1 Å². The van der Waals surface area contributed by atoms with Crippen LogP contribution in [0.3, 0.4) is 0 Å². The number of hydrogen-bond donors (Lipinski definition) is 2. The first kappa shape index (κ1) is 13.5. The molecule has 1 unspecified atom stereocenters. The van der Waals surface area contributed by atoms with E-state index in [2.05, 4.69) is 4.72 Å². The Balaban J connectivity index is 2.02. The van der Waals surface area contributed by atoms with E-state index >= 15 is 0 Å². The molecular formula is C10H13NO5S2. The Labute approximate surface area is 109 Å². The Morgan fingerprint density at radius 1 is 1.56 bits per heavy atom. The van der Waals surface area contributed by atoms with E-state index in [0.29, 0.717) is 6.61 Å². The maximum absolute atomic E-state index is 11.9. The highest BCUT2D eigenvalue weighted by molar-refractivity contribution is 7.91. The number of rotatable bonds is 5. The van der Waals surface area contributed by atoms with Gasteiger partial charge in [0.05, 0.1) is 6.10 Å². The lowest BCUT2D eigenvalue weighted by atomic mass is 10.2. The number of sulfonamides is 1. The number of aromatic carboxylic acids is 1. The van der Waals surface area contributed by atoms with Crippen molar-refractivity contribution in [3.8, 4) is 0 Å². The van der Waals surface area contributed by atoms with Crippen LogP contribution >= 0.6 is 11.3 Å². The molecule has 2 N–H and O–H groups in total. The molecule has 1 fully saturated rings. The number of hydrogen-bond acceptors (Lipinski definition) is 5. The van der Waals surface area contributed by atoms with E-state index in [9.17, 15) is 13.2 Å². The van der Waals surface area contributed by atoms with Crippen molar-refractivity contribution in [2.75, 3.05) is 13.2 Å². The molecule has 0 spiro atoms. The average molecular weight is 291 g/mol. The number of carboxylic acids is 1. The van der Waals surface area contributed by atoms with Crippen molar-refractivity contribution >= 4 is 27.3 Å². The van der Waals surface area contributed by atoms with Crippen LogP contribution in [0.25, 0.3) is 0 Å². The number of carboxylic acid groups (broad SMARTS) is 1. The average Bonchev–Trinajstić information content (AvgIpc) is 2.98. The molecule has 18 heavy (non-hydrogen) atoms. The highest BCUT2D eigenvalue weighted by Crippen LogP contribution is 2.21. The van der Waals surface area contributed by atoms with Gasteiger partial charge in [-0.3, -0.25) is 0 Å². The van der Waals surface area contributed by atoms with E-state index in [1.54, 1.807) is 0 Å². The molecule has 2 rings (SSSR count). The van der Waals surface area contributed by atoms with Crippen LogP contribution < -0.4 is 4.72 Å². The van der Waals surface area contributed by atoms with Gasteiger partial charge in [0, 0.05) is 13.2 Å². The summed E-state index contributed by atoms with van der Waals surface area (Å²) in [6.45, 7) is 0.886. The van der Waals surface area contributed by atoms with Gasteiger partial charge >= 0.3 is 5.97 Å². The van der Waals surface area contributed by atoms with Gasteiger partial charge in [0.2, 0.25) is 10.0 Å². The second-order valence-electron chi connectivity index (χ2n) is 3.91. The quantitative estimate of drug-likeness (QED) is 0.841. The first-order valence-electron chi connectivity index (χ1n) is 5.43. The van der Waals surface area contributed by atoms with Gasteiger partial charge in [0.15, 0.2) is 0 Å². The van der Waals surface area contributed by atoms with Gasteiger partial charge in [-0.15, -0.1) is 11.3 Å². The SMILES string of the molecule is O=C(O)c1ccc(S(=O)(=O)NCC2CCCO2)s1. The zero-order valence-electron chi connectivity index (χ0n) is 9.46. The lowest BCUT2D eigenvalue weighted by Gasteiger charge is -2.10. The van der Waals surface area contributed by atoms with Gasteiger partial charge in [-0.05, 0) is 25.0 Å². The molecule has 1 aliphatic rings. The third kappa shape index (κ3) is 3.08. The molecule has 8 heteroatoms. The Morgan fingerprint density at radius 3 is 2.89 bits per heavy atom. The minimum atomic E-state index is -3.64. The summed E-state index contributed by atoms with van der Waals surface area (Å²) in [7, 11) is -3.64. The Bertz CT molecular complexity index is 530. The molecule has 0 saturated carbocycles. The molecule has 0 radical (unpaired) electrons. The van der Waals surface area contributed by atoms with Gasteiger partial charge < -0.3 is 9.84 Å². The van der Waals surface area contributed by atoms with Crippen molar-refractivity contribution in [2.24, 2.45) is 0 Å². The smallest absolute Gasteiger partial charge is 0.345 e. The summed E-state index contributed by atoms with van der Waals surface area (Å²) in [5, 5.41) is 8.74. The lowest BCUT2D eigenvalue weighted by Crippen LogP contribution is -2.31. The second kappa shape index (κ2) is 5.35. The molecule has 1 saturated heterocycles. The van der Waals surface area contributed by atoms with Gasteiger partial charge in [0.25, 0.3) is 0 Å². The maximum Gasteiger partial charge on any atom is 0.345 e. The fourth-order valence-corrected chi connectivity index (χ4v) is 3.91. The summed E-state index contributed by atoms with van der Waals surface area (Å²) in [5.74, 6) is -1.12. The van der Waals surface area contributed by atoms with Crippen molar-refractivity contribution in [3.05, 3.63) is 17.0 Å². The Morgan fingerprint density at radius 2 is 2.33 bits per heavy atom. The number of nitrogens with one attached hydrogen (secondary N) is 1. The molecule has 0 aromatic carbocycles. The third-order valence-corrected chi connectivity index (χ3v) is 5.57. The van der Waals surface area contributed by atoms with Gasteiger partial charge in [-0.25, -0.2) is 17.9 Å². The van der Waals surface area contributed by atoms with Crippen LogP contribution in [0.15, 0.2) is 16.3 Å². The lowest BCUT2D eigenvalue weighted by molar-refractivity contribution is 0.0702. The molecule has 1 aromatic heterocycles. The van der Waals surface area contributed by atoms with E-state index in [4.69, 9.17) is 9.84 Å². The molecule has 0 amide bonds. The van der Waals surface area contributed by atoms with E-state index in [-0.39, 0.29) is 21.7 Å². The summed E-state index contributed by atoms with van der Waals surface area (Å²) in [4.78, 5) is 10.7. The number of ether oxygens (including phenoxy) is 1. The number of thiophene rings is 1. The van der Waals surface area contributed by atoms with Crippen molar-refractivity contribution in [1.82, 2.24) is 4.72 Å². The Kier molecular flexibility index (Phi) is 4.00. The maximum atomic E-state index is 11.9. The first-order valence-corrected chi connectivity index (χ1v) is 7.73. The van der Waals surface area contributed by atoms with Crippen LogP contribution in [-0.2, 0) is 14.8 Å². The van der Waals surface area contributed by atoms with Gasteiger partial charge in [0.1, 0.15) is 9.09 Å². The molecule has 0 aliphatic carbocycles. The summed E-state index contributed by atoms with van der Waals surface area (Å²) >= 11 is 0.740. The van der Waals surface area contributed by atoms with Gasteiger partial charge in [-0.1, -0.05) is 0 Å². The van der Waals surface area contributed by atoms with Crippen molar-refractivity contribution in [1.29, 1.82) is 0 Å². The largest absolute Gasteiger partial charge is 0.477 e. The monoisotopic (exact) mass is 291 g/mol. The van der Waals surface area contributed by atoms with Crippen molar-refractivity contribution in [2.45, 2.75) is 23.2 Å². The fraction of sp³-hybridized carbons (Fsp3) is 0.500. The molecule has 1 atom stereocenters. The van der Waals surface area contributed by atoms with Crippen LogP contribution in [0.4, 0.5) is 0 Å². The molecule has 1 aliphatic heterocycles. The molecule has 6 nitrogen and oxygen atoms in total. The van der Waals surface area contributed by atoms with Crippen LogP contribution in [0, 0.1) is 0 Å². The van der Waals surface area contributed by atoms with Crippen molar-refractivity contribution in [3.63, 3.8) is 0 Å². The predicted octanol–water partition coefficient (Wildman–Crippen LogP) is 0.904. The minimum absolute atomic E-state index is 0.00694. The first-order chi connectivity index (χ1) is 8.49. The van der Waals surface area contributed by atoms with Crippen molar-refractivity contribution < 1.29 is 23.1 Å². The zero-order chi connectivity index (χ0) is 13.2. The molecule has 1 aromatic rings. The molecule has 0 bridgehead atoms. The summed E-state index contributed by atoms with van der Waals surface area (Å²) < 4.78 is 31.5. The summed E-state index contributed by atoms with van der Waals surface area (Å²) in [6, 6.07) is 2.58.